The van der Waals surface area contributed by atoms with Crippen LogP contribution in [0.4, 0.5) is 0 Å². The lowest BCUT2D eigenvalue weighted by Gasteiger charge is -2.12. The average Bonchev–Trinajstić information content (AvgIpc) is 2.38. The molecule has 18 heavy (non-hydrogen) atoms. The molecule has 0 saturated heterocycles. The second kappa shape index (κ2) is 5.11. The summed E-state index contributed by atoms with van der Waals surface area (Å²) < 4.78 is 0. The molecule has 2 aromatic rings. The number of thioether (sulfide) groups is 1. The number of aromatic nitrogens is 1. The Morgan fingerprint density at radius 1 is 1.28 bits per heavy atom. The molecule has 0 aliphatic carbocycles. The normalized spacial score (nSPS) is 10.1. The van der Waals surface area contributed by atoms with Gasteiger partial charge >= 0.3 is 0 Å². The fourth-order valence-electron chi connectivity index (χ4n) is 1.95. The van der Waals surface area contributed by atoms with E-state index < -0.39 is 0 Å². The Labute approximate surface area is 109 Å². The molecule has 0 bridgehead atoms. The molecule has 0 saturated carbocycles. The van der Waals surface area contributed by atoms with Gasteiger partial charge in [-0.25, -0.2) is 0 Å². The van der Waals surface area contributed by atoms with E-state index in [9.17, 15) is 4.79 Å². The van der Waals surface area contributed by atoms with E-state index in [-0.39, 0.29) is 11.1 Å². The molecule has 1 heterocycles. The van der Waals surface area contributed by atoms with Crippen LogP contribution in [0.2, 0.25) is 0 Å². The Morgan fingerprint density at radius 2 is 1.94 bits per heavy atom. The summed E-state index contributed by atoms with van der Waals surface area (Å²) >= 11 is 1.43. The summed E-state index contributed by atoms with van der Waals surface area (Å²) in [5.74, 6) is 0. The molecule has 3 nitrogen and oxygen atoms in total. The molecule has 0 aliphatic heterocycles. The number of nitriles is 1. The molecular formula is C14H12N2OS. The summed E-state index contributed by atoms with van der Waals surface area (Å²) in [5, 5.41) is 9.11. The Hall–Kier alpha value is -1.99. The zero-order valence-electron chi connectivity index (χ0n) is 10.2. The molecule has 2 rings (SSSR count). The molecule has 0 fully saturated rings. The Kier molecular flexibility index (Phi) is 3.54. The molecule has 0 atom stereocenters. The highest BCUT2D eigenvalue weighted by molar-refractivity contribution is 7.98. The van der Waals surface area contributed by atoms with Crippen molar-refractivity contribution >= 4 is 11.8 Å². The molecule has 1 N–H and O–H groups in total. The van der Waals surface area contributed by atoms with Crippen molar-refractivity contribution in [2.45, 2.75) is 11.8 Å². The largest absolute Gasteiger partial charge is 0.325 e. The first-order valence-corrected chi connectivity index (χ1v) is 6.68. The van der Waals surface area contributed by atoms with E-state index in [1.54, 1.807) is 0 Å². The minimum atomic E-state index is -0.320. The Morgan fingerprint density at radius 3 is 2.50 bits per heavy atom. The number of hydrogen-bond donors (Lipinski definition) is 1. The topological polar surface area (TPSA) is 56.6 Å². The fraction of sp³-hybridized carbons (Fsp3) is 0.143. The smallest absolute Gasteiger partial charge is 0.267 e. The minimum Gasteiger partial charge on any atom is -0.325 e. The van der Waals surface area contributed by atoms with Crippen LogP contribution in [0.15, 0.2) is 40.0 Å². The summed E-state index contributed by atoms with van der Waals surface area (Å²) in [6, 6.07) is 11.8. The predicted molar refractivity (Wildman–Crippen MR) is 73.7 cm³/mol. The average molecular weight is 256 g/mol. The van der Waals surface area contributed by atoms with Crippen LogP contribution in [-0.2, 0) is 0 Å². The zero-order valence-corrected chi connectivity index (χ0v) is 11.0. The minimum absolute atomic E-state index is 0.187. The molecule has 0 radical (unpaired) electrons. The van der Waals surface area contributed by atoms with Crippen molar-refractivity contribution in [2.75, 3.05) is 6.26 Å². The number of H-pyrrole nitrogens is 1. The Bertz CT molecular complexity index is 669. The third kappa shape index (κ3) is 2.05. The highest BCUT2D eigenvalue weighted by atomic mass is 32.2. The van der Waals surface area contributed by atoms with Crippen molar-refractivity contribution in [3.8, 4) is 17.2 Å². The summed E-state index contributed by atoms with van der Waals surface area (Å²) in [7, 11) is 0. The highest BCUT2D eigenvalue weighted by Crippen LogP contribution is 2.32. The number of hydrogen-bond acceptors (Lipinski definition) is 3. The fourth-order valence-corrected chi connectivity index (χ4v) is 2.77. The first-order valence-electron chi connectivity index (χ1n) is 5.45. The van der Waals surface area contributed by atoms with Gasteiger partial charge in [0.15, 0.2) is 0 Å². The van der Waals surface area contributed by atoms with Crippen molar-refractivity contribution < 1.29 is 0 Å². The van der Waals surface area contributed by atoms with Crippen molar-refractivity contribution in [2.24, 2.45) is 0 Å². The molecule has 0 aliphatic rings. The maximum atomic E-state index is 11.7. The third-order valence-corrected chi connectivity index (χ3v) is 3.55. The van der Waals surface area contributed by atoms with Gasteiger partial charge in [0.2, 0.25) is 0 Å². The zero-order chi connectivity index (χ0) is 13.1. The number of aromatic amines is 1. The molecular weight excluding hydrogens is 244 g/mol. The first-order chi connectivity index (χ1) is 8.69. The second-order valence-corrected chi connectivity index (χ2v) is 4.66. The number of pyridine rings is 1. The van der Waals surface area contributed by atoms with Crippen molar-refractivity contribution in [1.82, 2.24) is 4.98 Å². The highest BCUT2D eigenvalue weighted by Gasteiger charge is 2.15. The standard InChI is InChI=1S/C14H12N2OS/c1-9-12(10-6-4-3-5-7-10)13(18-2)11(8-15)14(17)16-9/h3-7H,1-2H3,(H,16,17). The van der Waals surface area contributed by atoms with E-state index in [1.165, 1.54) is 11.8 Å². The van der Waals surface area contributed by atoms with Gasteiger partial charge in [0.1, 0.15) is 11.6 Å². The lowest BCUT2D eigenvalue weighted by atomic mass is 10.0. The number of benzene rings is 1. The molecule has 90 valence electrons. The van der Waals surface area contributed by atoms with Gasteiger partial charge < -0.3 is 4.98 Å². The quantitative estimate of drug-likeness (QED) is 0.840. The number of aryl methyl sites for hydroxylation is 1. The van der Waals surface area contributed by atoms with Crippen molar-refractivity contribution in [1.29, 1.82) is 5.26 Å². The maximum absolute atomic E-state index is 11.7. The van der Waals surface area contributed by atoms with Gasteiger partial charge in [-0.1, -0.05) is 30.3 Å². The van der Waals surface area contributed by atoms with Crippen molar-refractivity contribution in [3.05, 3.63) is 51.9 Å². The lowest BCUT2D eigenvalue weighted by molar-refractivity contribution is 1.09. The molecule has 1 aromatic carbocycles. The van der Waals surface area contributed by atoms with Gasteiger partial charge in [0, 0.05) is 16.2 Å². The molecule has 0 spiro atoms. The summed E-state index contributed by atoms with van der Waals surface area (Å²) in [4.78, 5) is 15.2. The lowest BCUT2D eigenvalue weighted by Crippen LogP contribution is -2.14. The van der Waals surface area contributed by atoms with Gasteiger partial charge in [-0.15, -0.1) is 11.8 Å². The van der Waals surface area contributed by atoms with E-state index in [0.717, 1.165) is 21.7 Å². The summed E-state index contributed by atoms with van der Waals surface area (Å²) in [6.07, 6.45) is 1.88. The van der Waals surface area contributed by atoms with E-state index in [1.807, 2.05) is 49.6 Å². The van der Waals surface area contributed by atoms with Gasteiger partial charge in [-0.3, -0.25) is 4.79 Å². The Balaban J connectivity index is 2.83. The van der Waals surface area contributed by atoms with Crippen LogP contribution in [0, 0.1) is 18.3 Å². The van der Waals surface area contributed by atoms with Gasteiger partial charge in [0.05, 0.1) is 0 Å². The molecule has 0 amide bonds. The molecule has 1 aromatic heterocycles. The summed E-state index contributed by atoms with van der Waals surface area (Å²) in [5.41, 5.74) is 2.59. The second-order valence-electron chi connectivity index (χ2n) is 3.84. The van der Waals surface area contributed by atoms with Crippen LogP contribution in [0.1, 0.15) is 11.3 Å². The van der Waals surface area contributed by atoms with Crippen LogP contribution in [-0.4, -0.2) is 11.2 Å². The number of rotatable bonds is 2. The SMILES string of the molecule is CSc1c(-c2ccccc2)c(C)[nH]c(=O)c1C#N. The van der Waals surface area contributed by atoms with E-state index >= 15 is 0 Å². The monoisotopic (exact) mass is 256 g/mol. The van der Waals surface area contributed by atoms with Crippen molar-refractivity contribution in [3.63, 3.8) is 0 Å². The number of nitrogens with one attached hydrogen (secondary N) is 1. The van der Waals surface area contributed by atoms with Crippen LogP contribution in [0.5, 0.6) is 0 Å². The van der Waals surface area contributed by atoms with E-state index in [4.69, 9.17) is 5.26 Å². The van der Waals surface area contributed by atoms with Gasteiger partial charge in [-0.2, -0.15) is 5.26 Å². The van der Waals surface area contributed by atoms with Gasteiger partial charge in [0.25, 0.3) is 5.56 Å². The van der Waals surface area contributed by atoms with Crippen LogP contribution < -0.4 is 5.56 Å². The maximum Gasteiger partial charge on any atom is 0.267 e. The summed E-state index contributed by atoms with van der Waals surface area (Å²) in [6.45, 7) is 1.85. The van der Waals surface area contributed by atoms with Gasteiger partial charge in [-0.05, 0) is 18.7 Å². The molecule has 0 unspecified atom stereocenters. The third-order valence-electron chi connectivity index (χ3n) is 2.74. The molecule has 4 heteroatoms. The predicted octanol–water partition coefficient (Wildman–Crippen LogP) is 2.94. The van der Waals surface area contributed by atoms with Crippen LogP contribution in [0.3, 0.4) is 0 Å². The number of nitrogens with zero attached hydrogens (tertiary/aromatic N) is 1. The first kappa shape index (κ1) is 12.5. The van der Waals surface area contributed by atoms with Crippen LogP contribution >= 0.6 is 11.8 Å². The van der Waals surface area contributed by atoms with E-state index in [0.29, 0.717) is 0 Å². The van der Waals surface area contributed by atoms with Crippen LogP contribution in [0.25, 0.3) is 11.1 Å². The van der Waals surface area contributed by atoms with E-state index in [2.05, 4.69) is 4.98 Å².